The third kappa shape index (κ3) is 4.26. The summed E-state index contributed by atoms with van der Waals surface area (Å²) in [6, 6.07) is 7.90. The van der Waals surface area contributed by atoms with Gasteiger partial charge >= 0.3 is 0 Å². The Morgan fingerprint density at radius 2 is 1.18 bits per heavy atom. The average Bonchev–Trinajstić information content (AvgIpc) is 2.73. The summed E-state index contributed by atoms with van der Waals surface area (Å²) < 4.78 is 0. The summed E-state index contributed by atoms with van der Waals surface area (Å²) in [6.45, 7) is 10.3. The Morgan fingerprint density at radius 1 is 0.786 bits per heavy atom. The van der Waals surface area contributed by atoms with Gasteiger partial charge in [0.1, 0.15) is 0 Å². The number of rotatable bonds is 4. The van der Waals surface area contributed by atoms with Crippen molar-refractivity contribution in [3.8, 4) is 0 Å². The maximum Gasteiger partial charge on any atom is 0.254 e. The van der Waals surface area contributed by atoms with Crippen molar-refractivity contribution in [2.75, 3.05) is 13.1 Å². The van der Waals surface area contributed by atoms with Gasteiger partial charge in [0.2, 0.25) is 0 Å². The minimum atomic E-state index is 0.0197. The Hall–Kier alpha value is -1.84. The molecule has 4 heteroatoms. The molecule has 3 rings (SSSR count). The van der Waals surface area contributed by atoms with Crippen LogP contribution in [0.25, 0.3) is 0 Å². The topological polar surface area (TPSA) is 40.6 Å². The number of nitrogens with zero attached hydrogens (tertiary/aromatic N) is 2. The van der Waals surface area contributed by atoms with Gasteiger partial charge in [-0.3, -0.25) is 9.59 Å². The zero-order valence-corrected chi connectivity index (χ0v) is 18.0. The second-order valence-corrected chi connectivity index (χ2v) is 8.86. The predicted molar refractivity (Wildman–Crippen MR) is 113 cm³/mol. The molecule has 0 aromatic heterocycles. The van der Waals surface area contributed by atoms with E-state index in [4.69, 9.17) is 0 Å². The molecule has 28 heavy (non-hydrogen) atoms. The molecule has 1 aromatic rings. The van der Waals surface area contributed by atoms with Crippen LogP contribution >= 0.6 is 0 Å². The first kappa shape index (κ1) is 20.9. The van der Waals surface area contributed by atoms with Gasteiger partial charge < -0.3 is 9.80 Å². The van der Waals surface area contributed by atoms with Crippen molar-refractivity contribution in [1.29, 1.82) is 0 Å². The Bertz CT molecular complexity index is 643. The first-order valence-corrected chi connectivity index (χ1v) is 11.2. The van der Waals surface area contributed by atoms with Crippen molar-refractivity contribution in [2.24, 2.45) is 11.8 Å². The van der Waals surface area contributed by atoms with Crippen molar-refractivity contribution in [3.63, 3.8) is 0 Å². The van der Waals surface area contributed by atoms with Crippen molar-refractivity contribution < 1.29 is 9.59 Å². The predicted octanol–water partition coefficient (Wildman–Crippen LogP) is 4.99. The number of hydrogen-bond acceptors (Lipinski definition) is 2. The first-order valence-electron chi connectivity index (χ1n) is 11.2. The van der Waals surface area contributed by atoms with Crippen LogP contribution in [0, 0.1) is 11.8 Å². The van der Waals surface area contributed by atoms with Gasteiger partial charge in [-0.25, -0.2) is 0 Å². The fraction of sp³-hybridized carbons (Fsp3) is 0.667. The Labute approximate surface area is 170 Å². The molecule has 1 aromatic carbocycles. The molecule has 0 aliphatic carbocycles. The molecule has 0 N–H and O–H groups in total. The minimum absolute atomic E-state index is 0.0197. The molecule has 2 aliphatic rings. The van der Waals surface area contributed by atoms with Crippen molar-refractivity contribution in [2.45, 2.75) is 78.3 Å². The molecule has 0 spiro atoms. The highest BCUT2D eigenvalue weighted by molar-refractivity contribution is 6.07. The molecule has 2 amide bonds. The van der Waals surface area contributed by atoms with E-state index in [9.17, 15) is 9.59 Å². The summed E-state index contributed by atoms with van der Waals surface area (Å²) in [4.78, 5) is 30.9. The zero-order valence-electron chi connectivity index (χ0n) is 18.0. The van der Waals surface area contributed by atoms with Gasteiger partial charge in [0, 0.05) is 25.2 Å². The number of benzene rings is 1. The molecular formula is C24H36N2O2. The lowest BCUT2D eigenvalue weighted by molar-refractivity contribution is 0.0517. The van der Waals surface area contributed by atoms with Crippen LogP contribution in [0.4, 0.5) is 0 Å². The van der Waals surface area contributed by atoms with Gasteiger partial charge in [0.15, 0.2) is 0 Å². The second kappa shape index (κ2) is 9.11. The van der Waals surface area contributed by atoms with Gasteiger partial charge in [-0.2, -0.15) is 0 Å². The molecule has 2 aliphatic heterocycles. The maximum atomic E-state index is 13.4. The van der Waals surface area contributed by atoms with Crippen LogP contribution in [-0.2, 0) is 0 Å². The van der Waals surface area contributed by atoms with E-state index in [0.29, 0.717) is 23.0 Å². The molecular weight excluding hydrogens is 348 g/mol. The van der Waals surface area contributed by atoms with E-state index >= 15 is 0 Å². The highest BCUT2D eigenvalue weighted by Crippen LogP contribution is 2.29. The molecule has 2 heterocycles. The molecule has 154 valence electrons. The number of hydrogen-bond donors (Lipinski definition) is 0. The highest BCUT2D eigenvalue weighted by atomic mass is 16.2. The third-order valence-corrected chi connectivity index (χ3v) is 7.02. The van der Waals surface area contributed by atoms with E-state index in [1.54, 1.807) is 0 Å². The lowest BCUT2D eigenvalue weighted by atomic mass is 9.89. The SMILES string of the molecule is CCC1CCC(C)N(C(=O)c2ccccc2C(=O)N2CC(CC)CCC2C)C1. The lowest BCUT2D eigenvalue weighted by Gasteiger charge is -2.39. The number of carbonyl (C=O) groups is 2. The molecule has 4 unspecified atom stereocenters. The van der Waals surface area contributed by atoms with Crippen LogP contribution in [0.5, 0.6) is 0 Å². The van der Waals surface area contributed by atoms with Crippen LogP contribution < -0.4 is 0 Å². The number of piperidine rings is 2. The van der Waals surface area contributed by atoms with Crippen LogP contribution in [0.3, 0.4) is 0 Å². The number of amides is 2. The normalized spacial score (nSPS) is 28.3. The highest BCUT2D eigenvalue weighted by Gasteiger charge is 2.33. The van der Waals surface area contributed by atoms with Gasteiger partial charge in [0.25, 0.3) is 11.8 Å². The number of likely N-dealkylation sites (tertiary alicyclic amines) is 2. The van der Waals surface area contributed by atoms with E-state index in [-0.39, 0.29) is 23.9 Å². The van der Waals surface area contributed by atoms with Crippen molar-refractivity contribution >= 4 is 11.8 Å². The Kier molecular flexibility index (Phi) is 6.79. The fourth-order valence-corrected chi connectivity index (χ4v) is 4.76. The van der Waals surface area contributed by atoms with Crippen molar-refractivity contribution in [1.82, 2.24) is 9.80 Å². The summed E-state index contributed by atoms with van der Waals surface area (Å²) in [5, 5.41) is 0. The smallest absolute Gasteiger partial charge is 0.254 e. The summed E-state index contributed by atoms with van der Waals surface area (Å²) >= 11 is 0. The minimum Gasteiger partial charge on any atom is -0.336 e. The van der Waals surface area contributed by atoms with Crippen molar-refractivity contribution in [3.05, 3.63) is 35.4 Å². The maximum absolute atomic E-state index is 13.4. The summed E-state index contributed by atoms with van der Waals surface area (Å²) in [5.74, 6) is 1.17. The lowest BCUT2D eigenvalue weighted by Crippen LogP contribution is -2.47. The Morgan fingerprint density at radius 3 is 1.54 bits per heavy atom. The molecule has 0 bridgehead atoms. The van der Waals surface area contributed by atoms with Crippen LogP contribution in [0.2, 0.25) is 0 Å². The van der Waals surface area contributed by atoms with Gasteiger partial charge in [-0.15, -0.1) is 0 Å². The molecule has 0 radical (unpaired) electrons. The molecule has 2 fully saturated rings. The van der Waals surface area contributed by atoms with E-state index < -0.39 is 0 Å². The van der Waals surface area contributed by atoms with Gasteiger partial charge in [0.05, 0.1) is 11.1 Å². The molecule has 4 nitrogen and oxygen atoms in total. The molecule has 2 saturated heterocycles. The van der Waals surface area contributed by atoms with E-state index in [2.05, 4.69) is 27.7 Å². The first-order chi connectivity index (χ1) is 13.5. The quantitative estimate of drug-likeness (QED) is 0.734. The summed E-state index contributed by atoms with van der Waals surface area (Å²) in [7, 11) is 0. The van der Waals surface area contributed by atoms with Gasteiger partial charge in [-0.1, -0.05) is 38.8 Å². The average molecular weight is 385 g/mol. The second-order valence-electron chi connectivity index (χ2n) is 8.86. The standard InChI is InChI=1S/C24H36N2O2/c1-5-19-13-11-17(3)25(15-19)23(27)21-9-7-8-10-22(21)24(28)26-16-20(6-2)14-12-18(26)4/h7-10,17-20H,5-6,11-16H2,1-4H3. The monoisotopic (exact) mass is 384 g/mol. The fourth-order valence-electron chi connectivity index (χ4n) is 4.76. The number of carbonyl (C=O) groups excluding carboxylic acids is 2. The van der Waals surface area contributed by atoms with E-state index in [0.717, 1.165) is 38.8 Å². The third-order valence-electron chi connectivity index (χ3n) is 7.02. The van der Waals surface area contributed by atoms with E-state index in [1.165, 1.54) is 12.8 Å². The van der Waals surface area contributed by atoms with Crippen LogP contribution in [0.1, 0.15) is 86.9 Å². The molecule has 0 saturated carbocycles. The van der Waals surface area contributed by atoms with E-state index in [1.807, 2.05) is 34.1 Å². The Balaban J connectivity index is 1.86. The van der Waals surface area contributed by atoms with Crippen LogP contribution in [0.15, 0.2) is 24.3 Å². The summed E-state index contributed by atoms with van der Waals surface area (Å²) in [5.41, 5.74) is 1.14. The van der Waals surface area contributed by atoms with Crippen LogP contribution in [-0.4, -0.2) is 46.8 Å². The zero-order chi connectivity index (χ0) is 20.3. The molecule has 4 atom stereocenters. The summed E-state index contributed by atoms with van der Waals surface area (Å²) in [6.07, 6.45) is 6.66. The largest absolute Gasteiger partial charge is 0.336 e. The van der Waals surface area contributed by atoms with Gasteiger partial charge in [-0.05, 0) is 63.5 Å².